The Morgan fingerprint density at radius 1 is 1.25 bits per heavy atom. The summed E-state index contributed by atoms with van der Waals surface area (Å²) in [6, 6.07) is 10.2. The van der Waals surface area contributed by atoms with Crippen molar-refractivity contribution in [1.29, 1.82) is 0 Å². The molecule has 8 heteroatoms. The van der Waals surface area contributed by atoms with Crippen molar-refractivity contribution in [3.05, 3.63) is 47.9 Å². The van der Waals surface area contributed by atoms with Crippen LogP contribution in [-0.2, 0) is 14.8 Å². The van der Waals surface area contributed by atoms with Gasteiger partial charge in [-0.25, -0.2) is 18.4 Å². The van der Waals surface area contributed by atoms with E-state index < -0.39 is 16.1 Å². The van der Waals surface area contributed by atoms with Crippen molar-refractivity contribution in [2.75, 3.05) is 32.1 Å². The number of hydrogen-bond acceptors (Lipinski definition) is 6. The van der Waals surface area contributed by atoms with Crippen LogP contribution in [0.15, 0.2) is 41.3 Å². The molecule has 1 aromatic heterocycles. The van der Waals surface area contributed by atoms with E-state index in [9.17, 15) is 8.42 Å². The van der Waals surface area contributed by atoms with Crippen LogP contribution in [0.25, 0.3) is 0 Å². The first kappa shape index (κ1) is 16.8. The van der Waals surface area contributed by atoms with Crippen LogP contribution in [-0.4, -0.2) is 49.4 Å². The van der Waals surface area contributed by atoms with Crippen molar-refractivity contribution < 1.29 is 13.2 Å². The minimum atomic E-state index is -3.53. The number of sulfonamides is 1. The van der Waals surface area contributed by atoms with Crippen molar-refractivity contribution >= 4 is 15.8 Å². The first-order valence-electron chi connectivity index (χ1n) is 7.71. The summed E-state index contributed by atoms with van der Waals surface area (Å²) in [5.41, 5.74) is 0.680. The van der Waals surface area contributed by atoms with Gasteiger partial charge in [-0.3, -0.25) is 0 Å². The molecule has 0 saturated carbocycles. The van der Waals surface area contributed by atoms with Gasteiger partial charge in [0.05, 0.1) is 17.2 Å². The Labute approximate surface area is 141 Å². The predicted molar refractivity (Wildman–Crippen MR) is 90.2 cm³/mol. The second kappa shape index (κ2) is 6.84. The highest BCUT2D eigenvalue weighted by atomic mass is 32.2. The number of anilines is 1. The number of nitrogens with zero attached hydrogens (tertiary/aromatic N) is 3. The summed E-state index contributed by atoms with van der Waals surface area (Å²) in [6.45, 7) is 2.69. The molecule has 128 valence electrons. The highest BCUT2D eigenvalue weighted by Crippen LogP contribution is 2.26. The summed E-state index contributed by atoms with van der Waals surface area (Å²) in [6.07, 6.45) is -0.411. The Bertz CT molecular complexity index is 811. The van der Waals surface area contributed by atoms with Gasteiger partial charge in [-0.2, -0.15) is 4.31 Å². The van der Waals surface area contributed by atoms with Gasteiger partial charge in [0, 0.05) is 26.2 Å². The van der Waals surface area contributed by atoms with Crippen LogP contribution < -0.4 is 5.32 Å². The first-order chi connectivity index (χ1) is 11.5. The maximum atomic E-state index is 12.8. The van der Waals surface area contributed by atoms with Crippen LogP contribution in [0, 0.1) is 6.92 Å². The molecule has 7 nitrogen and oxygen atoms in total. The zero-order valence-corrected chi connectivity index (χ0v) is 14.5. The number of hydrogen-bond donors (Lipinski definition) is 1. The van der Waals surface area contributed by atoms with Crippen molar-refractivity contribution in [2.45, 2.75) is 17.9 Å². The molecule has 1 atom stereocenters. The molecular weight excluding hydrogens is 328 g/mol. The monoisotopic (exact) mass is 348 g/mol. The van der Waals surface area contributed by atoms with E-state index in [4.69, 9.17) is 4.74 Å². The fourth-order valence-corrected chi connectivity index (χ4v) is 4.09. The summed E-state index contributed by atoms with van der Waals surface area (Å²) in [7, 11) is -1.76. The molecule has 24 heavy (non-hydrogen) atoms. The Hall–Kier alpha value is -2.03. The minimum Gasteiger partial charge on any atom is -0.373 e. The van der Waals surface area contributed by atoms with Crippen LogP contribution >= 0.6 is 0 Å². The number of aromatic nitrogens is 2. The van der Waals surface area contributed by atoms with Gasteiger partial charge in [-0.05, 0) is 19.1 Å². The standard InChI is InChI=1S/C16H20N4O3S/c1-12-18-14(10-16(17-2)19-12)15-11-20(8-9-23-15)24(21,22)13-6-4-3-5-7-13/h3-7,10,15H,8-9,11H2,1-2H3,(H,17,18,19). The average Bonchev–Trinajstić information content (AvgIpc) is 2.62. The van der Waals surface area contributed by atoms with E-state index in [0.717, 1.165) is 0 Å². The molecule has 1 aliphatic rings. The van der Waals surface area contributed by atoms with Gasteiger partial charge in [0.1, 0.15) is 17.7 Å². The highest BCUT2D eigenvalue weighted by molar-refractivity contribution is 7.89. The Morgan fingerprint density at radius 3 is 2.71 bits per heavy atom. The second-order valence-electron chi connectivity index (χ2n) is 5.51. The molecule has 2 aromatic rings. The largest absolute Gasteiger partial charge is 0.373 e. The molecule has 0 spiro atoms. The molecule has 1 fully saturated rings. The van der Waals surface area contributed by atoms with Crippen LogP contribution in [0.3, 0.4) is 0 Å². The van der Waals surface area contributed by atoms with E-state index in [0.29, 0.717) is 35.4 Å². The van der Waals surface area contributed by atoms with Crippen LogP contribution in [0.2, 0.25) is 0 Å². The van der Waals surface area contributed by atoms with Gasteiger partial charge in [-0.15, -0.1) is 0 Å². The van der Waals surface area contributed by atoms with E-state index in [1.165, 1.54) is 4.31 Å². The second-order valence-corrected chi connectivity index (χ2v) is 7.45. The Kier molecular flexibility index (Phi) is 4.79. The molecule has 1 unspecified atom stereocenters. The smallest absolute Gasteiger partial charge is 0.243 e. The molecule has 1 N–H and O–H groups in total. The molecule has 1 saturated heterocycles. The maximum absolute atomic E-state index is 12.8. The minimum absolute atomic E-state index is 0.233. The summed E-state index contributed by atoms with van der Waals surface area (Å²) < 4.78 is 32.8. The molecule has 0 aliphatic carbocycles. The number of morpholine rings is 1. The topological polar surface area (TPSA) is 84.4 Å². The lowest BCUT2D eigenvalue weighted by molar-refractivity contribution is -0.00505. The summed E-state index contributed by atoms with van der Waals surface area (Å²) in [4.78, 5) is 8.94. The zero-order chi connectivity index (χ0) is 17.2. The van der Waals surface area contributed by atoms with Gasteiger partial charge in [-0.1, -0.05) is 18.2 Å². The molecule has 0 bridgehead atoms. The molecular formula is C16H20N4O3S. The number of ether oxygens (including phenoxy) is 1. The third kappa shape index (κ3) is 3.40. The number of aryl methyl sites for hydroxylation is 1. The third-order valence-electron chi connectivity index (χ3n) is 3.85. The third-order valence-corrected chi connectivity index (χ3v) is 5.73. The van der Waals surface area contributed by atoms with Crippen LogP contribution in [0.5, 0.6) is 0 Å². The molecule has 3 rings (SSSR count). The van der Waals surface area contributed by atoms with Crippen molar-refractivity contribution in [1.82, 2.24) is 14.3 Å². The van der Waals surface area contributed by atoms with E-state index in [1.807, 2.05) is 0 Å². The lowest BCUT2D eigenvalue weighted by Gasteiger charge is -2.32. The Morgan fingerprint density at radius 2 is 2.00 bits per heavy atom. The lowest BCUT2D eigenvalue weighted by Crippen LogP contribution is -2.42. The van der Waals surface area contributed by atoms with Crippen LogP contribution in [0.1, 0.15) is 17.6 Å². The zero-order valence-electron chi connectivity index (χ0n) is 13.6. The van der Waals surface area contributed by atoms with Crippen molar-refractivity contribution in [3.8, 4) is 0 Å². The molecule has 2 heterocycles. The van der Waals surface area contributed by atoms with E-state index in [-0.39, 0.29) is 6.54 Å². The van der Waals surface area contributed by atoms with E-state index in [2.05, 4.69) is 15.3 Å². The van der Waals surface area contributed by atoms with Gasteiger partial charge in [0.2, 0.25) is 10.0 Å². The van der Waals surface area contributed by atoms with Gasteiger partial charge in [0.25, 0.3) is 0 Å². The number of rotatable bonds is 4. The lowest BCUT2D eigenvalue weighted by atomic mass is 10.2. The first-order valence-corrected chi connectivity index (χ1v) is 9.15. The van der Waals surface area contributed by atoms with Gasteiger partial charge >= 0.3 is 0 Å². The fraction of sp³-hybridized carbons (Fsp3) is 0.375. The Balaban J connectivity index is 1.86. The average molecular weight is 348 g/mol. The molecule has 1 aliphatic heterocycles. The summed E-state index contributed by atoms with van der Waals surface area (Å²) >= 11 is 0. The van der Waals surface area contributed by atoms with Gasteiger partial charge in [0.15, 0.2) is 0 Å². The predicted octanol–water partition coefficient (Wildman–Crippen LogP) is 1.59. The molecule has 1 aromatic carbocycles. The number of nitrogens with one attached hydrogen (secondary N) is 1. The highest BCUT2D eigenvalue weighted by Gasteiger charge is 2.32. The quantitative estimate of drug-likeness (QED) is 0.903. The normalized spacial score (nSPS) is 19.2. The maximum Gasteiger partial charge on any atom is 0.243 e. The summed E-state index contributed by atoms with van der Waals surface area (Å²) in [5, 5.41) is 2.98. The van der Waals surface area contributed by atoms with Crippen molar-refractivity contribution in [3.63, 3.8) is 0 Å². The molecule has 0 radical (unpaired) electrons. The SMILES string of the molecule is CNc1cc(C2CN(S(=O)(=O)c3ccccc3)CCO2)nc(C)n1. The van der Waals surface area contributed by atoms with Gasteiger partial charge < -0.3 is 10.1 Å². The number of benzene rings is 1. The summed E-state index contributed by atoms with van der Waals surface area (Å²) in [5.74, 6) is 1.30. The fourth-order valence-electron chi connectivity index (χ4n) is 2.65. The van der Waals surface area contributed by atoms with E-state index >= 15 is 0 Å². The molecule has 0 amide bonds. The van der Waals surface area contributed by atoms with E-state index in [1.54, 1.807) is 50.4 Å². The van der Waals surface area contributed by atoms with Crippen LogP contribution in [0.4, 0.5) is 5.82 Å². The van der Waals surface area contributed by atoms with Crippen molar-refractivity contribution in [2.24, 2.45) is 0 Å².